The maximum absolute atomic E-state index is 13.5. The minimum absolute atomic E-state index is 0.104. The van der Waals surface area contributed by atoms with Gasteiger partial charge in [-0.05, 0) is 12.1 Å². The lowest BCUT2D eigenvalue weighted by Crippen LogP contribution is -2.30. The number of hydrogen-bond donors (Lipinski definition) is 3. The fraction of sp³-hybridized carbons (Fsp3) is 0.200. The van der Waals surface area contributed by atoms with Crippen LogP contribution >= 0.6 is 0 Å². The molecule has 1 unspecified atom stereocenters. The molecule has 2 rings (SSSR count). The first-order valence-corrected chi connectivity index (χ1v) is 6.57. The summed E-state index contributed by atoms with van der Waals surface area (Å²) in [6.45, 7) is -0.156. The molecular weight excluding hydrogens is 289 g/mol. The summed E-state index contributed by atoms with van der Waals surface area (Å²) in [4.78, 5) is 23.1. The Bertz CT molecular complexity index is 712. The van der Waals surface area contributed by atoms with E-state index >= 15 is 0 Å². The fourth-order valence-corrected chi connectivity index (χ4v) is 2.06. The number of hydrogen-bond acceptors (Lipinski definition) is 3. The molecule has 0 saturated carbocycles. The Morgan fingerprint density at radius 3 is 2.68 bits per heavy atom. The molecule has 2 amide bonds. The number of carbonyl (C=O) groups excluding carboxylic acids is 2. The normalized spacial score (nSPS) is 12.0. The summed E-state index contributed by atoms with van der Waals surface area (Å²) in [5, 5.41) is 12.4. The molecule has 116 valence electrons. The highest BCUT2D eigenvalue weighted by atomic mass is 19.1. The average Bonchev–Trinajstić information content (AvgIpc) is 2.87. The molecule has 0 aliphatic carbocycles. The van der Waals surface area contributed by atoms with Crippen LogP contribution in [-0.4, -0.2) is 28.0 Å². The second kappa shape index (κ2) is 6.40. The number of carbonyl (C=O) groups is 2. The first kappa shape index (κ1) is 15.7. The zero-order valence-electron chi connectivity index (χ0n) is 11.9. The van der Waals surface area contributed by atoms with Crippen LogP contribution in [0.15, 0.2) is 36.5 Å². The Labute approximate surface area is 126 Å². The molecule has 6 nitrogen and oxygen atoms in total. The van der Waals surface area contributed by atoms with Gasteiger partial charge in [-0.1, -0.05) is 18.2 Å². The van der Waals surface area contributed by atoms with Gasteiger partial charge in [0.1, 0.15) is 11.5 Å². The third-order valence-electron chi connectivity index (χ3n) is 3.24. The number of halogens is 1. The Balaban J connectivity index is 2.04. The molecule has 1 heterocycles. The fourth-order valence-electron chi connectivity index (χ4n) is 2.06. The van der Waals surface area contributed by atoms with Crippen molar-refractivity contribution in [2.45, 2.75) is 6.10 Å². The van der Waals surface area contributed by atoms with Crippen LogP contribution in [0.1, 0.15) is 32.5 Å². The number of aliphatic hydroxyl groups excluding tert-OH is 1. The maximum Gasteiger partial charge on any atom is 0.268 e. The second-order valence-electron chi connectivity index (χ2n) is 4.84. The van der Waals surface area contributed by atoms with Gasteiger partial charge in [0.2, 0.25) is 5.91 Å². The minimum Gasteiger partial charge on any atom is -0.386 e. The number of aliphatic hydroxyl groups is 1. The van der Waals surface area contributed by atoms with Gasteiger partial charge in [-0.3, -0.25) is 9.59 Å². The number of aromatic nitrogens is 1. The zero-order chi connectivity index (χ0) is 16.3. The molecule has 0 aliphatic heterocycles. The number of nitrogens with two attached hydrogens (primary N) is 1. The van der Waals surface area contributed by atoms with Gasteiger partial charge in [0.05, 0.1) is 11.7 Å². The Hall–Kier alpha value is -2.67. The van der Waals surface area contributed by atoms with Gasteiger partial charge in [0, 0.05) is 25.4 Å². The van der Waals surface area contributed by atoms with Crippen LogP contribution in [0.25, 0.3) is 0 Å². The van der Waals surface area contributed by atoms with Gasteiger partial charge >= 0.3 is 0 Å². The van der Waals surface area contributed by atoms with Crippen molar-refractivity contribution in [3.05, 3.63) is 59.2 Å². The molecule has 1 aromatic carbocycles. The van der Waals surface area contributed by atoms with Crippen molar-refractivity contribution < 1.29 is 19.1 Å². The standard InChI is InChI=1S/C15H16FN3O3/c1-19-8-9(14(17)21)6-12(19)15(22)18-7-13(20)10-4-2-3-5-11(10)16/h2-6,8,13,20H,7H2,1H3,(H2,17,21)(H,18,22). The number of benzene rings is 1. The highest BCUT2D eigenvalue weighted by Gasteiger charge is 2.17. The lowest BCUT2D eigenvalue weighted by Gasteiger charge is -2.13. The lowest BCUT2D eigenvalue weighted by atomic mass is 10.1. The number of nitrogens with one attached hydrogen (secondary N) is 1. The van der Waals surface area contributed by atoms with Crippen molar-refractivity contribution in [3.63, 3.8) is 0 Å². The van der Waals surface area contributed by atoms with Gasteiger partial charge in [-0.2, -0.15) is 0 Å². The topological polar surface area (TPSA) is 97.4 Å². The molecule has 0 aliphatic rings. The predicted octanol–water partition coefficient (Wildman–Crippen LogP) is 0.727. The Morgan fingerprint density at radius 1 is 1.41 bits per heavy atom. The monoisotopic (exact) mass is 305 g/mol. The largest absolute Gasteiger partial charge is 0.386 e. The minimum atomic E-state index is -1.17. The zero-order valence-corrected chi connectivity index (χ0v) is 11.9. The first-order valence-electron chi connectivity index (χ1n) is 6.57. The van der Waals surface area contributed by atoms with Crippen molar-refractivity contribution in [2.24, 2.45) is 12.8 Å². The van der Waals surface area contributed by atoms with Gasteiger partial charge in [-0.15, -0.1) is 0 Å². The van der Waals surface area contributed by atoms with Crippen LogP contribution in [-0.2, 0) is 7.05 Å². The third kappa shape index (κ3) is 3.32. The van der Waals surface area contributed by atoms with E-state index in [0.29, 0.717) is 0 Å². The third-order valence-corrected chi connectivity index (χ3v) is 3.24. The van der Waals surface area contributed by atoms with Crippen molar-refractivity contribution >= 4 is 11.8 Å². The number of aryl methyl sites for hydroxylation is 1. The summed E-state index contributed by atoms with van der Waals surface area (Å²) in [6, 6.07) is 7.14. The van der Waals surface area contributed by atoms with Crippen molar-refractivity contribution in [1.29, 1.82) is 0 Å². The summed E-state index contributed by atoms with van der Waals surface area (Å²) >= 11 is 0. The summed E-state index contributed by atoms with van der Waals surface area (Å²) < 4.78 is 15.0. The number of rotatable bonds is 5. The smallest absolute Gasteiger partial charge is 0.268 e. The Kier molecular flexibility index (Phi) is 4.57. The van der Waals surface area contributed by atoms with Crippen LogP contribution in [0.5, 0.6) is 0 Å². The SMILES string of the molecule is Cn1cc(C(N)=O)cc1C(=O)NCC(O)c1ccccc1F. The molecule has 0 radical (unpaired) electrons. The average molecular weight is 305 g/mol. The van der Waals surface area contributed by atoms with E-state index in [2.05, 4.69) is 5.32 Å². The molecule has 1 aromatic heterocycles. The van der Waals surface area contributed by atoms with E-state index in [-0.39, 0.29) is 23.4 Å². The lowest BCUT2D eigenvalue weighted by molar-refractivity contribution is 0.0906. The van der Waals surface area contributed by atoms with Crippen molar-refractivity contribution in [3.8, 4) is 0 Å². The number of nitrogens with zero attached hydrogens (tertiary/aromatic N) is 1. The summed E-state index contributed by atoms with van der Waals surface area (Å²) in [7, 11) is 1.59. The maximum atomic E-state index is 13.5. The molecule has 22 heavy (non-hydrogen) atoms. The van der Waals surface area contributed by atoms with Gasteiger partial charge in [0.25, 0.3) is 5.91 Å². The molecule has 1 atom stereocenters. The molecule has 0 bridgehead atoms. The number of primary amides is 1. The quantitative estimate of drug-likeness (QED) is 0.759. The molecule has 0 fully saturated rings. The highest BCUT2D eigenvalue weighted by molar-refractivity contribution is 5.98. The molecule has 7 heteroatoms. The van der Waals surface area contributed by atoms with Crippen LogP contribution in [0.4, 0.5) is 4.39 Å². The molecule has 4 N–H and O–H groups in total. The van der Waals surface area contributed by atoms with E-state index < -0.39 is 23.7 Å². The van der Waals surface area contributed by atoms with E-state index in [1.807, 2.05) is 0 Å². The van der Waals surface area contributed by atoms with E-state index in [0.717, 1.165) is 0 Å². The first-order chi connectivity index (χ1) is 10.4. The van der Waals surface area contributed by atoms with Crippen molar-refractivity contribution in [2.75, 3.05) is 6.54 Å². The highest BCUT2D eigenvalue weighted by Crippen LogP contribution is 2.16. The van der Waals surface area contributed by atoms with Crippen LogP contribution < -0.4 is 11.1 Å². The predicted molar refractivity (Wildman–Crippen MR) is 77.6 cm³/mol. The van der Waals surface area contributed by atoms with Gasteiger partial charge in [-0.25, -0.2) is 4.39 Å². The summed E-state index contributed by atoms with van der Waals surface area (Å²) in [5.74, 6) is -1.68. The molecule has 0 spiro atoms. The van der Waals surface area contributed by atoms with Gasteiger partial charge in [0.15, 0.2) is 0 Å². The molecule has 0 saturated heterocycles. The van der Waals surface area contributed by atoms with Crippen molar-refractivity contribution in [1.82, 2.24) is 9.88 Å². The van der Waals surface area contributed by atoms with E-state index in [1.54, 1.807) is 13.1 Å². The van der Waals surface area contributed by atoms with E-state index in [4.69, 9.17) is 5.73 Å². The van der Waals surface area contributed by atoms with E-state index in [9.17, 15) is 19.1 Å². The number of amides is 2. The van der Waals surface area contributed by atoms with E-state index in [1.165, 1.54) is 35.0 Å². The molecule has 2 aromatic rings. The Morgan fingerprint density at radius 2 is 2.09 bits per heavy atom. The summed E-state index contributed by atoms with van der Waals surface area (Å²) in [5.41, 5.74) is 5.68. The van der Waals surface area contributed by atoms with Gasteiger partial charge < -0.3 is 20.7 Å². The second-order valence-corrected chi connectivity index (χ2v) is 4.84. The summed E-state index contributed by atoms with van der Waals surface area (Å²) in [6.07, 6.45) is 0.269. The van der Waals surface area contributed by atoms with Crippen LogP contribution in [0, 0.1) is 5.82 Å². The van der Waals surface area contributed by atoms with Crippen LogP contribution in [0.3, 0.4) is 0 Å². The molecular formula is C15H16FN3O3. The van der Waals surface area contributed by atoms with Crippen LogP contribution in [0.2, 0.25) is 0 Å².